The molecular formula is C49H85NO13. The number of ether oxygens (including phenoxy) is 4. The highest BCUT2D eigenvalue weighted by molar-refractivity contribution is 5.76. The lowest BCUT2D eigenvalue weighted by Crippen LogP contribution is -2.65. The van der Waals surface area contributed by atoms with E-state index in [0.29, 0.717) is 6.42 Å². The minimum atomic E-state index is -1.79. The van der Waals surface area contributed by atoms with E-state index >= 15 is 0 Å². The lowest BCUT2D eigenvalue weighted by molar-refractivity contribution is -0.359. The number of rotatable bonds is 35. The van der Waals surface area contributed by atoms with Crippen LogP contribution < -0.4 is 5.32 Å². The Bertz CT molecular complexity index is 1290. The fraction of sp³-hybridized carbons (Fsp3) is 0.776. The van der Waals surface area contributed by atoms with Gasteiger partial charge in [-0.05, 0) is 57.8 Å². The number of aliphatic hydroxyl groups is 8. The molecule has 0 aromatic heterocycles. The van der Waals surface area contributed by atoms with Crippen molar-refractivity contribution in [3.8, 4) is 0 Å². The first kappa shape index (κ1) is 56.8. The maximum absolute atomic E-state index is 13.1. The van der Waals surface area contributed by atoms with Gasteiger partial charge in [0.05, 0.1) is 32.0 Å². The van der Waals surface area contributed by atoms with E-state index in [1.54, 1.807) is 6.08 Å². The Labute approximate surface area is 377 Å². The van der Waals surface area contributed by atoms with Crippen molar-refractivity contribution in [2.45, 2.75) is 222 Å². The Morgan fingerprint density at radius 1 is 0.587 bits per heavy atom. The fourth-order valence-electron chi connectivity index (χ4n) is 7.51. The van der Waals surface area contributed by atoms with Crippen LogP contribution in [0.15, 0.2) is 60.8 Å². The molecule has 2 fully saturated rings. The van der Waals surface area contributed by atoms with Gasteiger partial charge in [0, 0.05) is 6.42 Å². The van der Waals surface area contributed by atoms with Crippen LogP contribution in [0.3, 0.4) is 0 Å². The van der Waals surface area contributed by atoms with E-state index in [9.17, 15) is 45.6 Å². The SMILES string of the molecule is CC/C=C\C/C=C\C/C=C\C/C=C\CCCCCCCCCCCCC(=O)NC(COC1OC(CO)C(OC2OC(CO)C(O)C(O)C2O)C(O)C1O)C(O)/C=C/CCCCCC. The first-order chi connectivity index (χ1) is 30.6. The number of carbonyl (C=O) groups is 1. The number of nitrogens with one attached hydrogen (secondary N) is 1. The minimum Gasteiger partial charge on any atom is -0.394 e. The van der Waals surface area contributed by atoms with Gasteiger partial charge in [0.1, 0.15) is 48.8 Å². The largest absolute Gasteiger partial charge is 0.394 e. The van der Waals surface area contributed by atoms with Crippen molar-refractivity contribution in [1.82, 2.24) is 5.32 Å². The monoisotopic (exact) mass is 896 g/mol. The molecule has 63 heavy (non-hydrogen) atoms. The van der Waals surface area contributed by atoms with E-state index < -0.39 is 86.8 Å². The molecule has 14 nitrogen and oxygen atoms in total. The van der Waals surface area contributed by atoms with Crippen molar-refractivity contribution < 1.29 is 64.6 Å². The third kappa shape index (κ3) is 23.6. The molecular weight excluding hydrogens is 811 g/mol. The minimum absolute atomic E-state index is 0.254. The van der Waals surface area contributed by atoms with Crippen molar-refractivity contribution in [2.75, 3.05) is 19.8 Å². The summed E-state index contributed by atoms with van der Waals surface area (Å²) in [5, 5.41) is 86.2. The second kappa shape index (κ2) is 35.9. The van der Waals surface area contributed by atoms with Gasteiger partial charge in [-0.25, -0.2) is 0 Å². The van der Waals surface area contributed by atoms with E-state index in [2.05, 4.69) is 67.8 Å². The molecule has 14 heteroatoms. The van der Waals surface area contributed by atoms with E-state index in [4.69, 9.17) is 18.9 Å². The molecule has 0 aromatic rings. The van der Waals surface area contributed by atoms with Gasteiger partial charge in [-0.15, -0.1) is 0 Å². The summed E-state index contributed by atoms with van der Waals surface area (Å²) in [4.78, 5) is 13.1. The number of unbranched alkanes of at least 4 members (excludes halogenated alkanes) is 14. The van der Waals surface area contributed by atoms with E-state index in [1.807, 2.05) is 6.08 Å². The second-order valence-electron chi connectivity index (χ2n) is 16.9. The van der Waals surface area contributed by atoms with Gasteiger partial charge in [-0.2, -0.15) is 0 Å². The average molecular weight is 896 g/mol. The summed E-state index contributed by atoms with van der Waals surface area (Å²) < 4.78 is 22.5. The normalized spacial score (nSPS) is 28.0. The number of aliphatic hydroxyl groups excluding tert-OH is 8. The molecule has 2 rings (SSSR count). The molecule has 9 N–H and O–H groups in total. The predicted molar refractivity (Wildman–Crippen MR) is 244 cm³/mol. The molecule has 1 amide bonds. The fourth-order valence-corrected chi connectivity index (χ4v) is 7.51. The summed E-state index contributed by atoms with van der Waals surface area (Å²) in [6, 6.07) is -0.915. The quantitative estimate of drug-likeness (QED) is 0.0284. The Hall–Kier alpha value is -2.31. The van der Waals surface area contributed by atoms with Crippen LogP contribution in [0.1, 0.15) is 149 Å². The van der Waals surface area contributed by atoms with Crippen LogP contribution >= 0.6 is 0 Å². The average Bonchev–Trinajstić information content (AvgIpc) is 3.28. The first-order valence-corrected chi connectivity index (χ1v) is 24.0. The molecule has 12 atom stereocenters. The van der Waals surface area contributed by atoms with Crippen LogP contribution in [-0.2, 0) is 23.7 Å². The molecule has 0 radical (unpaired) electrons. The van der Waals surface area contributed by atoms with E-state index in [-0.39, 0.29) is 18.9 Å². The van der Waals surface area contributed by atoms with Gasteiger partial charge in [-0.1, -0.05) is 145 Å². The standard InChI is InChI=1S/C49H85NO13/c1-3-5-7-9-11-12-13-14-15-16-17-18-19-20-21-22-23-24-25-26-27-29-31-33-41(54)50-37(38(53)32-30-28-10-8-6-4-2)36-60-48-46(59)44(57)47(40(35-52)62-48)63-49-45(58)43(56)42(55)39(34-51)61-49/h5,7,11-12,14-15,17-18,30,32,37-40,42-49,51-53,55-59H,3-4,6,8-10,13,16,19-29,31,33-36H2,1-2H3,(H,50,54)/b7-5-,12-11-,15-14-,18-17-,32-30+. The van der Waals surface area contributed by atoms with Crippen LogP contribution in [-0.4, -0.2) is 140 Å². The first-order valence-electron chi connectivity index (χ1n) is 24.0. The molecule has 0 saturated carbocycles. The smallest absolute Gasteiger partial charge is 0.220 e. The lowest BCUT2D eigenvalue weighted by atomic mass is 9.97. The van der Waals surface area contributed by atoms with Crippen molar-refractivity contribution in [3.05, 3.63) is 60.8 Å². The highest BCUT2D eigenvalue weighted by Crippen LogP contribution is 2.30. The van der Waals surface area contributed by atoms with Crippen molar-refractivity contribution in [1.29, 1.82) is 0 Å². The zero-order valence-corrected chi connectivity index (χ0v) is 38.3. The van der Waals surface area contributed by atoms with Crippen LogP contribution in [0.25, 0.3) is 0 Å². The molecule has 0 spiro atoms. The summed E-state index contributed by atoms with van der Waals surface area (Å²) >= 11 is 0. The summed E-state index contributed by atoms with van der Waals surface area (Å²) in [5.74, 6) is -0.254. The maximum atomic E-state index is 13.1. The number of carbonyl (C=O) groups excluding carboxylic acids is 1. The van der Waals surface area contributed by atoms with E-state index in [0.717, 1.165) is 83.5 Å². The summed E-state index contributed by atoms with van der Waals surface area (Å²) in [6.45, 7) is 2.55. The highest BCUT2D eigenvalue weighted by Gasteiger charge is 2.51. The number of hydrogen-bond donors (Lipinski definition) is 9. The molecule has 12 unspecified atom stereocenters. The zero-order chi connectivity index (χ0) is 46.1. The van der Waals surface area contributed by atoms with Gasteiger partial charge < -0.3 is 65.1 Å². The van der Waals surface area contributed by atoms with Gasteiger partial charge in [0.2, 0.25) is 5.91 Å². The lowest BCUT2D eigenvalue weighted by Gasteiger charge is -2.46. The zero-order valence-electron chi connectivity index (χ0n) is 38.3. The number of allylic oxidation sites excluding steroid dienone is 9. The van der Waals surface area contributed by atoms with Gasteiger partial charge >= 0.3 is 0 Å². The van der Waals surface area contributed by atoms with Crippen LogP contribution in [0.4, 0.5) is 0 Å². The van der Waals surface area contributed by atoms with Crippen molar-refractivity contribution in [2.24, 2.45) is 0 Å². The van der Waals surface area contributed by atoms with E-state index in [1.165, 1.54) is 38.5 Å². The summed E-state index contributed by atoms with van der Waals surface area (Å²) in [7, 11) is 0. The highest BCUT2D eigenvalue weighted by atomic mass is 16.7. The van der Waals surface area contributed by atoms with Crippen LogP contribution in [0.2, 0.25) is 0 Å². The molecule has 0 aromatic carbocycles. The maximum Gasteiger partial charge on any atom is 0.220 e. The third-order valence-electron chi connectivity index (χ3n) is 11.5. The molecule has 2 heterocycles. The molecule has 2 aliphatic heterocycles. The molecule has 2 saturated heterocycles. The van der Waals surface area contributed by atoms with Gasteiger partial charge in [-0.3, -0.25) is 4.79 Å². The topological polar surface area (TPSA) is 228 Å². The third-order valence-corrected chi connectivity index (χ3v) is 11.5. The Morgan fingerprint density at radius 3 is 1.68 bits per heavy atom. The van der Waals surface area contributed by atoms with Crippen molar-refractivity contribution >= 4 is 5.91 Å². The molecule has 0 bridgehead atoms. The Kier molecular flexibility index (Phi) is 32.4. The van der Waals surface area contributed by atoms with Gasteiger partial charge in [0.25, 0.3) is 0 Å². The molecule has 364 valence electrons. The molecule has 0 aliphatic carbocycles. The summed E-state index contributed by atoms with van der Waals surface area (Å²) in [5.41, 5.74) is 0. The predicted octanol–water partition coefficient (Wildman–Crippen LogP) is 5.49. The Morgan fingerprint density at radius 2 is 1.10 bits per heavy atom. The Balaban J connectivity index is 1.73. The molecule has 2 aliphatic rings. The van der Waals surface area contributed by atoms with Gasteiger partial charge in [0.15, 0.2) is 12.6 Å². The van der Waals surface area contributed by atoms with Crippen molar-refractivity contribution in [3.63, 3.8) is 0 Å². The van der Waals surface area contributed by atoms with Crippen LogP contribution in [0, 0.1) is 0 Å². The number of amides is 1. The second-order valence-corrected chi connectivity index (χ2v) is 16.9. The van der Waals surface area contributed by atoms with Crippen LogP contribution in [0.5, 0.6) is 0 Å². The number of hydrogen-bond acceptors (Lipinski definition) is 13. The summed E-state index contributed by atoms with van der Waals surface area (Å²) in [6.07, 6.45) is 26.0.